The Kier molecular flexibility index (Phi) is 3.01. The molecule has 5 heteroatoms. The van der Waals surface area contributed by atoms with E-state index in [1.54, 1.807) is 12.1 Å². The summed E-state index contributed by atoms with van der Waals surface area (Å²) in [5.41, 5.74) is 0.779. The van der Waals surface area contributed by atoms with Crippen molar-refractivity contribution in [2.75, 3.05) is 0 Å². The maximum atomic E-state index is 12.3. The van der Waals surface area contributed by atoms with Crippen LogP contribution >= 0.6 is 23.2 Å². The van der Waals surface area contributed by atoms with Crippen molar-refractivity contribution in [2.45, 2.75) is 0 Å². The van der Waals surface area contributed by atoms with Gasteiger partial charge in [0.15, 0.2) is 5.76 Å². The van der Waals surface area contributed by atoms with E-state index in [9.17, 15) is 4.79 Å². The molecule has 0 saturated heterocycles. The second-order valence-corrected chi connectivity index (χ2v) is 4.81. The molecule has 2 aromatic heterocycles. The van der Waals surface area contributed by atoms with Gasteiger partial charge in [0, 0.05) is 11.6 Å². The molecule has 0 spiro atoms. The number of ketones is 1. The molecule has 0 radical (unpaired) electrons. The number of rotatable bonds is 2. The largest absolute Gasteiger partial charge is 0.453 e. The normalized spacial score (nSPS) is 10.8. The first-order chi connectivity index (χ1) is 9.15. The van der Waals surface area contributed by atoms with E-state index in [1.165, 1.54) is 12.3 Å². The fraction of sp³-hybridized carbons (Fsp3) is 0. The van der Waals surface area contributed by atoms with Gasteiger partial charge in [-0.3, -0.25) is 4.79 Å². The zero-order valence-electron chi connectivity index (χ0n) is 9.56. The molecule has 3 rings (SSSR count). The Hall–Kier alpha value is -1.84. The number of pyridine rings is 1. The van der Waals surface area contributed by atoms with Gasteiger partial charge in [0.25, 0.3) is 0 Å². The Morgan fingerprint density at radius 1 is 1.16 bits per heavy atom. The van der Waals surface area contributed by atoms with Crippen LogP contribution in [-0.4, -0.2) is 10.8 Å². The van der Waals surface area contributed by atoms with Crippen LogP contribution in [0.5, 0.6) is 0 Å². The molecule has 0 unspecified atom stereocenters. The molecule has 94 valence electrons. The lowest BCUT2D eigenvalue weighted by Gasteiger charge is -2.00. The van der Waals surface area contributed by atoms with Gasteiger partial charge in [-0.2, -0.15) is 0 Å². The number of para-hydroxylation sites is 1. The quantitative estimate of drug-likeness (QED) is 0.659. The van der Waals surface area contributed by atoms with Crippen molar-refractivity contribution >= 4 is 40.0 Å². The standard InChI is InChI=1S/C14H7Cl2NO2/c15-9-6-10(16)13(17-7-9)14(18)12-5-8-3-1-2-4-11(8)19-12/h1-7H. The minimum Gasteiger partial charge on any atom is -0.453 e. The van der Waals surface area contributed by atoms with Gasteiger partial charge >= 0.3 is 0 Å². The second-order valence-electron chi connectivity index (χ2n) is 3.96. The number of carbonyl (C=O) groups excluding carboxylic acids is 1. The van der Waals surface area contributed by atoms with Crippen LogP contribution in [0.4, 0.5) is 0 Å². The van der Waals surface area contributed by atoms with Crippen LogP contribution in [0, 0.1) is 0 Å². The van der Waals surface area contributed by atoms with Crippen molar-refractivity contribution in [3.63, 3.8) is 0 Å². The number of hydrogen-bond donors (Lipinski definition) is 0. The number of hydrogen-bond acceptors (Lipinski definition) is 3. The molecule has 0 N–H and O–H groups in total. The molecule has 0 amide bonds. The summed E-state index contributed by atoms with van der Waals surface area (Å²) >= 11 is 11.7. The minimum absolute atomic E-state index is 0.130. The Morgan fingerprint density at radius 3 is 2.68 bits per heavy atom. The van der Waals surface area contributed by atoms with E-state index in [1.807, 2.05) is 18.2 Å². The topological polar surface area (TPSA) is 43.1 Å². The molecule has 2 heterocycles. The van der Waals surface area contributed by atoms with Crippen LogP contribution in [-0.2, 0) is 0 Å². The summed E-state index contributed by atoms with van der Waals surface area (Å²) in [4.78, 5) is 16.2. The first-order valence-corrected chi connectivity index (χ1v) is 6.25. The Bertz CT molecular complexity index is 747. The van der Waals surface area contributed by atoms with Crippen molar-refractivity contribution in [3.05, 3.63) is 64.1 Å². The van der Waals surface area contributed by atoms with Gasteiger partial charge in [-0.25, -0.2) is 4.98 Å². The molecule has 0 aliphatic heterocycles. The van der Waals surface area contributed by atoms with Gasteiger partial charge in [-0.1, -0.05) is 41.4 Å². The number of benzene rings is 1. The lowest BCUT2D eigenvalue weighted by molar-refractivity contribution is 0.101. The van der Waals surface area contributed by atoms with Crippen LogP contribution < -0.4 is 0 Å². The van der Waals surface area contributed by atoms with Crippen molar-refractivity contribution in [1.82, 2.24) is 4.98 Å². The van der Waals surface area contributed by atoms with Crippen molar-refractivity contribution in [3.8, 4) is 0 Å². The highest BCUT2D eigenvalue weighted by Crippen LogP contribution is 2.24. The zero-order valence-corrected chi connectivity index (χ0v) is 11.1. The molecule has 0 aliphatic rings. The first-order valence-electron chi connectivity index (χ1n) is 5.49. The van der Waals surface area contributed by atoms with E-state index in [4.69, 9.17) is 27.6 Å². The predicted octanol–water partition coefficient (Wildman–Crippen LogP) is 4.37. The third-order valence-corrected chi connectivity index (χ3v) is 3.17. The molecular weight excluding hydrogens is 285 g/mol. The molecule has 3 nitrogen and oxygen atoms in total. The van der Waals surface area contributed by atoms with E-state index >= 15 is 0 Å². The smallest absolute Gasteiger partial charge is 0.248 e. The first kappa shape index (κ1) is 12.2. The van der Waals surface area contributed by atoms with Gasteiger partial charge in [0.2, 0.25) is 5.78 Å². The lowest BCUT2D eigenvalue weighted by atomic mass is 10.2. The van der Waals surface area contributed by atoms with E-state index in [0.717, 1.165) is 5.39 Å². The number of aromatic nitrogens is 1. The van der Waals surface area contributed by atoms with Gasteiger partial charge in [-0.05, 0) is 18.2 Å². The molecule has 0 fully saturated rings. The fourth-order valence-electron chi connectivity index (χ4n) is 1.79. The summed E-state index contributed by atoms with van der Waals surface area (Å²) < 4.78 is 5.49. The van der Waals surface area contributed by atoms with Gasteiger partial charge in [0.1, 0.15) is 11.3 Å². The van der Waals surface area contributed by atoms with Crippen molar-refractivity contribution < 1.29 is 9.21 Å². The Labute approximate surface area is 118 Å². The van der Waals surface area contributed by atoms with E-state index in [-0.39, 0.29) is 22.3 Å². The summed E-state index contributed by atoms with van der Waals surface area (Å²) in [5.74, 6) is -0.157. The number of fused-ring (bicyclic) bond motifs is 1. The summed E-state index contributed by atoms with van der Waals surface area (Å²) in [7, 11) is 0. The van der Waals surface area contributed by atoms with Crippen molar-refractivity contribution in [1.29, 1.82) is 0 Å². The summed E-state index contributed by atoms with van der Waals surface area (Å²) in [5, 5.41) is 1.44. The van der Waals surface area contributed by atoms with E-state index < -0.39 is 0 Å². The molecule has 0 aliphatic carbocycles. The van der Waals surface area contributed by atoms with Gasteiger partial charge in [-0.15, -0.1) is 0 Å². The Morgan fingerprint density at radius 2 is 1.95 bits per heavy atom. The summed E-state index contributed by atoms with van der Waals surface area (Å²) in [6.45, 7) is 0. The van der Waals surface area contributed by atoms with Crippen LogP contribution in [0.3, 0.4) is 0 Å². The minimum atomic E-state index is -0.363. The lowest BCUT2D eigenvalue weighted by Crippen LogP contribution is -2.03. The predicted molar refractivity (Wildman–Crippen MR) is 73.9 cm³/mol. The summed E-state index contributed by atoms with van der Waals surface area (Å²) in [6.07, 6.45) is 1.38. The average molecular weight is 292 g/mol. The molecule has 0 bridgehead atoms. The molecule has 3 aromatic rings. The van der Waals surface area contributed by atoms with Crippen molar-refractivity contribution in [2.24, 2.45) is 0 Å². The molecule has 19 heavy (non-hydrogen) atoms. The second kappa shape index (κ2) is 4.68. The number of furan rings is 1. The molecule has 0 saturated carbocycles. The maximum Gasteiger partial charge on any atom is 0.248 e. The third-order valence-electron chi connectivity index (χ3n) is 2.67. The molecular formula is C14H7Cl2NO2. The zero-order chi connectivity index (χ0) is 13.4. The maximum absolute atomic E-state index is 12.3. The number of halogens is 2. The van der Waals surface area contributed by atoms with Crippen LogP contribution in [0.15, 0.2) is 47.0 Å². The Balaban J connectivity index is 2.08. The van der Waals surface area contributed by atoms with E-state index in [2.05, 4.69) is 4.98 Å². The number of nitrogens with zero attached hydrogens (tertiary/aromatic N) is 1. The average Bonchev–Trinajstić information content (AvgIpc) is 2.81. The van der Waals surface area contributed by atoms with Gasteiger partial charge in [0.05, 0.1) is 10.0 Å². The number of carbonyl (C=O) groups is 1. The highest BCUT2D eigenvalue weighted by atomic mass is 35.5. The van der Waals surface area contributed by atoms with Crippen LogP contribution in [0.25, 0.3) is 11.0 Å². The highest BCUT2D eigenvalue weighted by Gasteiger charge is 2.19. The molecule has 1 aromatic carbocycles. The highest BCUT2D eigenvalue weighted by molar-refractivity contribution is 6.37. The van der Waals surface area contributed by atoms with E-state index in [0.29, 0.717) is 10.6 Å². The third kappa shape index (κ3) is 2.23. The van der Waals surface area contributed by atoms with Crippen LogP contribution in [0.2, 0.25) is 10.0 Å². The monoisotopic (exact) mass is 291 g/mol. The van der Waals surface area contributed by atoms with Crippen LogP contribution in [0.1, 0.15) is 16.2 Å². The van der Waals surface area contributed by atoms with Gasteiger partial charge < -0.3 is 4.42 Å². The summed E-state index contributed by atoms with van der Waals surface area (Å²) in [6, 6.07) is 10.5. The molecule has 0 atom stereocenters. The SMILES string of the molecule is O=C(c1cc2ccccc2o1)c1ncc(Cl)cc1Cl. The fourth-order valence-corrected chi connectivity index (χ4v) is 2.26.